The monoisotopic (exact) mass is 511 g/mol. The molecule has 0 atom stereocenters. The van der Waals surface area contributed by atoms with Gasteiger partial charge in [-0.3, -0.25) is 10.1 Å². The molecule has 0 spiro atoms. The molecule has 0 saturated carbocycles. The molecule has 9 heteroatoms. The number of nitrogens with zero attached hydrogens (tertiary/aromatic N) is 3. The van der Waals surface area contributed by atoms with Crippen LogP contribution in [-0.4, -0.2) is 29.1 Å². The van der Waals surface area contributed by atoms with Crippen molar-refractivity contribution in [1.29, 1.82) is 0 Å². The van der Waals surface area contributed by atoms with Crippen LogP contribution in [0.4, 0.5) is 5.69 Å². The largest absolute Gasteiger partial charge is 0.303 e. The summed E-state index contributed by atoms with van der Waals surface area (Å²) in [7, 11) is -3.29. The lowest BCUT2D eigenvalue weighted by Gasteiger charge is -2.08. The van der Waals surface area contributed by atoms with Crippen LogP contribution in [0.25, 0.3) is 16.9 Å². The summed E-state index contributed by atoms with van der Waals surface area (Å²) >= 11 is 3.44. The number of imidazole rings is 1. The molecular formula is C23H18BrN3O4S. The van der Waals surface area contributed by atoms with Crippen molar-refractivity contribution in [3.63, 3.8) is 0 Å². The van der Waals surface area contributed by atoms with Crippen LogP contribution in [0.2, 0.25) is 0 Å². The van der Waals surface area contributed by atoms with Crippen LogP contribution in [0.15, 0.2) is 88.4 Å². The van der Waals surface area contributed by atoms with Gasteiger partial charge in [-0.25, -0.2) is 13.4 Å². The Morgan fingerprint density at radius 3 is 2.16 bits per heavy atom. The van der Waals surface area contributed by atoms with Crippen molar-refractivity contribution < 1.29 is 13.3 Å². The maximum Gasteiger partial charge on any atom is 0.269 e. The van der Waals surface area contributed by atoms with E-state index in [0.29, 0.717) is 12.1 Å². The van der Waals surface area contributed by atoms with E-state index in [4.69, 9.17) is 4.98 Å². The van der Waals surface area contributed by atoms with Gasteiger partial charge in [0.05, 0.1) is 15.5 Å². The first-order valence-electron chi connectivity index (χ1n) is 9.59. The highest BCUT2D eigenvalue weighted by atomic mass is 79.9. The first kappa shape index (κ1) is 21.9. The second-order valence-electron chi connectivity index (χ2n) is 7.29. The quantitative estimate of drug-likeness (QED) is 0.261. The Bertz CT molecular complexity index is 1380. The lowest BCUT2D eigenvalue weighted by atomic mass is 10.1. The van der Waals surface area contributed by atoms with Crippen molar-refractivity contribution in [3.8, 4) is 16.9 Å². The van der Waals surface area contributed by atoms with E-state index in [9.17, 15) is 18.5 Å². The van der Waals surface area contributed by atoms with Gasteiger partial charge in [-0.05, 0) is 42.0 Å². The number of nitro benzene ring substituents is 1. The van der Waals surface area contributed by atoms with E-state index < -0.39 is 14.8 Å². The van der Waals surface area contributed by atoms with Gasteiger partial charge in [0.15, 0.2) is 9.84 Å². The molecule has 3 aromatic carbocycles. The summed E-state index contributed by atoms with van der Waals surface area (Å²) in [5, 5.41) is 11.0. The summed E-state index contributed by atoms with van der Waals surface area (Å²) in [5.74, 6) is 0.753. The normalized spacial score (nSPS) is 11.4. The van der Waals surface area contributed by atoms with Crippen LogP contribution >= 0.6 is 15.9 Å². The molecule has 0 N–H and O–H groups in total. The molecule has 162 valence electrons. The van der Waals surface area contributed by atoms with E-state index in [-0.39, 0.29) is 10.6 Å². The standard InChI is InChI=1S/C23H18BrN3O4S/c1-32(30,31)21-12-4-17(5-13-21)22-15-26(19-8-10-20(11-9-19)27(28)29)23(25-22)14-16-2-6-18(24)7-3-16/h2-13,15H,14H2,1H3. The molecule has 0 radical (unpaired) electrons. The summed E-state index contributed by atoms with van der Waals surface area (Å²) in [6, 6.07) is 20.8. The number of nitro groups is 1. The molecule has 0 fully saturated rings. The van der Waals surface area contributed by atoms with Gasteiger partial charge in [0.1, 0.15) is 5.82 Å². The molecule has 0 unspecified atom stereocenters. The number of hydrogen-bond acceptors (Lipinski definition) is 5. The van der Waals surface area contributed by atoms with Crippen LogP contribution in [0, 0.1) is 10.1 Å². The van der Waals surface area contributed by atoms with Gasteiger partial charge in [0, 0.05) is 46.7 Å². The molecule has 4 aromatic rings. The number of hydrogen-bond donors (Lipinski definition) is 0. The zero-order valence-electron chi connectivity index (χ0n) is 17.0. The Labute approximate surface area is 193 Å². The third-order valence-electron chi connectivity index (χ3n) is 4.97. The number of aromatic nitrogens is 2. The average Bonchev–Trinajstić information content (AvgIpc) is 3.18. The Balaban J connectivity index is 1.77. The highest BCUT2D eigenvalue weighted by Crippen LogP contribution is 2.26. The van der Waals surface area contributed by atoms with Crippen molar-refractivity contribution in [1.82, 2.24) is 9.55 Å². The van der Waals surface area contributed by atoms with Crippen LogP contribution in [0.5, 0.6) is 0 Å². The van der Waals surface area contributed by atoms with Crippen molar-refractivity contribution in [3.05, 3.63) is 105 Å². The van der Waals surface area contributed by atoms with E-state index in [1.54, 1.807) is 36.4 Å². The molecule has 1 heterocycles. The van der Waals surface area contributed by atoms with Crippen molar-refractivity contribution in [2.24, 2.45) is 0 Å². The second-order valence-corrected chi connectivity index (χ2v) is 10.2. The summed E-state index contributed by atoms with van der Waals surface area (Å²) in [4.78, 5) is 15.6. The number of non-ortho nitro benzene ring substituents is 1. The Hall–Kier alpha value is -3.30. The number of rotatable bonds is 6. The molecule has 7 nitrogen and oxygen atoms in total. The van der Waals surface area contributed by atoms with Gasteiger partial charge in [0.25, 0.3) is 5.69 Å². The van der Waals surface area contributed by atoms with Crippen molar-refractivity contribution in [2.45, 2.75) is 11.3 Å². The third-order valence-corrected chi connectivity index (χ3v) is 6.63. The van der Waals surface area contributed by atoms with E-state index in [1.165, 1.54) is 18.4 Å². The smallest absolute Gasteiger partial charge is 0.269 e. The highest BCUT2D eigenvalue weighted by Gasteiger charge is 2.14. The molecular weight excluding hydrogens is 494 g/mol. The summed E-state index contributed by atoms with van der Waals surface area (Å²) in [6.07, 6.45) is 3.57. The topological polar surface area (TPSA) is 95.1 Å². The molecule has 1 aromatic heterocycles. The van der Waals surface area contributed by atoms with Gasteiger partial charge < -0.3 is 4.57 Å². The predicted octanol–water partition coefficient (Wildman–Crippen LogP) is 5.20. The number of benzene rings is 3. The van der Waals surface area contributed by atoms with Gasteiger partial charge >= 0.3 is 0 Å². The lowest BCUT2D eigenvalue weighted by molar-refractivity contribution is -0.384. The molecule has 4 rings (SSSR count). The van der Waals surface area contributed by atoms with E-state index in [0.717, 1.165) is 27.1 Å². The first-order valence-corrected chi connectivity index (χ1v) is 12.3. The Morgan fingerprint density at radius 1 is 0.969 bits per heavy atom. The Morgan fingerprint density at radius 2 is 1.59 bits per heavy atom. The van der Waals surface area contributed by atoms with E-state index in [2.05, 4.69) is 15.9 Å². The van der Waals surface area contributed by atoms with E-state index in [1.807, 2.05) is 35.0 Å². The molecule has 0 amide bonds. The van der Waals surface area contributed by atoms with Crippen LogP contribution in [-0.2, 0) is 16.3 Å². The molecule has 32 heavy (non-hydrogen) atoms. The zero-order chi connectivity index (χ0) is 22.9. The fraction of sp³-hybridized carbons (Fsp3) is 0.0870. The van der Waals surface area contributed by atoms with Crippen molar-refractivity contribution in [2.75, 3.05) is 6.26 Å². The minimum atomic E-state index is -3.29. The van der Waals surface area contributed by atoms with Gasteiger partial charge in [0.2, 0.25) is 0 Å². The number of halogens is 1. The van der Waals surface area contributed by atoms with Gasteiger partial charge in [-0.1, -0.05) is 40.2 Å². The fourth-order valence-corrected chi connectivity index (χ4v) is 4.19. The first-order chi connectivity index (χ1) is 15.2. The van der Waals surface area contributed by atoms with Gasteiger partial charge in [-0.2, -0.15) is 0 Å². The second kappa shape index (κ2) is 8.68. The van der Waals surface area contributed by atoms with Gasteiger partial charge in [-0.15, -0.1) is 0 Å². The lowest BCUT2D eigenvalue weighted by Crippen LogP contribution is -2.01. The molecule has 0 saturated heterocycles. The molecule has 0 aliphatic carbocycles. The Kier molecular flexibility index (Phi) is 5.94. The average molecular weight is 512 g/mol. The molecule has 0 aliphatic rings. The molecule has 0 bridgehead atoms. The predicted molar refractivity (Wildman–Crippen MR) is 126 cm³/mol. The SMILES string of the molecule is CS(=O)(=O)c1ccc(-c2cn(-c3ccc([N+](=O)[O-])cc3)c(Cc3ccc(Br)cc3)n2)cc1. The summed E-state index contributed by atoms with van der Waals surface area (Å²) < 4.78 is 26.4. The maximum absolute atomic E-state index is 11.8. The van der Waals surface area contributed by atoms with Crippen LogP contribution in [0.1, 0.15) is 11.4 Å². The summed E-state index contributed by atoms with van der Waals surface area (Å²) in [5.41, 5.74) is 3.26. The number of sulfone groups is 1. The van der Waals surface area contributed by atoms with E-state index >= 15 is 0 Å². The minimum Gasteiger partial charge on any atom is -0.303 e. The maximum atomic E-state index is 11.8. The van der Waals surface area contributed by atoms with Crippen LogP contribution < -0.4 is 0 Å². The van der Waals surface area contributed by atoms with Crippen molar-refractivity contribution >= 4 is 31.5 Å². The fourth-order valence-electron chi connectivity index (χ4n) is 3.30. The summed E-state index contributed by atoms with van der Waals surface area (Å²) in [6.45, 7) is 0. The molecule has 0 aliphatic heterocycles. The minimum absolute atomic E-state index is 0.0138. The highest BCUT2D eigenvalue weighted by molar-refractivity contribution is 9.10. The van der Waals surface area contributed by atoms with Crippen LogP contribution in [0.3, 0.4) is 0 Å². The zero-order valence-corrected chi connectivity index (χ0v) is 19.4. The third kappa shape index (κ3) is 4.79.